The van der Waals surface area contributed by atoms with Crippen LogP contribution in [0.5, 0.6) is 11.5 Å². The molecule has 2 aromatic rings. The van der Waals surface area contributed by atoms with Gasteiger partial charge in [-0.05, 0) is 42.8 Å². The van der Waals surface area contributed by atoms with Crippen molar-refractivity contribution in [3.8, 4) is 17.6 Å². The maximum absolute atomic E-state index is 13.7. The Kier molecular flexibility index (Phi) is 4.21. The molecule has 0 bridgehead atoms. The lowest BCUT2D eigenvalue weighted by Gasteiger charge is -2.16. The number of halogens is 1. The van der Waals surface area contributed by atoms with Crippen LogP contribution in [0.25, 0.3) is 0 Å². The first-order valence-corrected chi connectivity index (χ1v) is 6.14. The van der Waals surface area contributed by atoms with Gasteiger partial charge in [-0.25, -0.2) is 4.39 Å². The minimum Gasteiger partial charge on any atom is -0.497 e. The fourth-order valence-electron chi connectivity index (χ4n) is 1.80. The quantitative estimate of drug-likeness (QED) is 0.848. The van der Waals surface area contributed by atoms with Crippen molar-refractivity contribution in [2.45, 2.75) is 13.0 Å². The number of benzene rings is 2. The average Bonchev–Trinajstić information content (AvgIpc) is 2.49. The highest BCUT2D eigenvalue weighted by Gasteiger charge is 2.11. The number of ether oxygens (including phenoxy) is 2. The van der Waals surface area contributed by atoms with Crippen LogP contribution in [0.4, 0.5) is 4.39 Å². The van der Waals surface area contributed by atoms with E-state index in [4.69, 9.17) is 14.7 Å². The molecule has 0 spiro atoms. The fourth-order valence-corrected chi connectivity index (χ4v) is 1.80. The van der Waals surface area contributed by atoms with E-state index in [1.807, 2.05) is 37.3 Å². The lowest BCUT2D eigenvalue weighted by Crippen LogP contribution is -2.04. The Labute approximate surface area is 117 Å². The van der Waals surface area contributed by atoms with Crippen molar-refractivity contribution in [2.75, 3.05) is 7.11 Å². The molecule has 0 fully saturated rings. The highest BCUT2D eigenvalue weighted by Crippen LogP contribution is 2.26. The summed E-state index contributed by atoms with van der Waals surface area (Å²) in [5.74, 6) is 0.349. The number of nitriles is 1. The van der Waals surface area contributed by atoms with Crippen LogP contribution in [0.2, 0.25) is 0 Å². The van der Waals surface area contributed by atoms with E-state index in [0.29, 0.717) is 0 Å². The van der Waals surface area contributed by atoms with Crippen LogP contribution in [-0.4, -0.2) is 7.11 Å². The monoisotopic (exact) mass is 271 g/mol. The van der Waals surface area contributed by atoms with Crippen LogP contribution in [0, 0.1) is 17.1 Å². The molecule has 0 saturated heterocycles. The molecule has 4 heteroatoms. The molecule has 2 rings (SSSR count). The third kappa shape index (κ3) is 3.07. The zero-order valence-corrected chi connectivity index (χ0v) is 11.3. The van der Waals surface area contributed by atoms with Crippen LogP contribution >= 0.6 is 0 Å². The van der Waals surface area contributed by atoms with Gasteiger partial charge < -0.3 is 9.47 Å². The third-order valence-corrected chi connectivity index (χ3v) is 2.95. The van der Waals surface area contributed by atoms with Gasteiger partial charge in [0, 0.05) is 0 Å². The SMILES string of the molecule is COc1ccc(C(C)Oc2ccc(C#N)cc2F)cc1. The van der Waals surface area contributed by atoms with Crippen molar-refractivity contribution < 1.29 is 13.9 Å². The van der Waals surface area contributed by atoms with Gasteiger partial charge in [0.15, 0.2) is 11.6 Å². The van der Waals surface area contributed by atoms with Gasteiger partial charge in [-0.3, -0.25) is 0 Å². The van der Waals surface area contributed by atoms with Gasteiger partial charge in [-0.15, -0.1) is 0 Å². The van der Waals surface area contributed by atoms with E-state index >= 15 is 0 Å². The topological polar surface area (TPSA) is 42.2 Å². The van der Waals surface area contributed by atoms with E-state index in [0.717, 1.165) is 17.4 Å². The van der Waals surface area contributed by atoms with Crippen molar-refractivity contribution in [3.05, 3.63) is 59.4 Å². The van der Waals surface area contributed by atoms with Gasteiger partial charge in [0.2, 0.25) is 0 Å². The van der Waals surface area contributed by atoms with Crippen LogP contribution in [0.1, 0.15) is 24.2 Å². The predicted molar refractivity (Wildman–Crippen MR) is 73.2 cm³/mol. The van der Waals surface area contributed by atoms with E-state index in [1.165, 1.54) is 12.1 Å². The summed E-state index contributed by atoms with van der Waals surface area (Å²) in [6, 6.07) is 13.4. The summed E-state index contributed by atoms with van der Waals surface area (Å²) in [5.41, 5.74) is 1.18. The number of nitrogens with zero attached hydrogens (tertiary/aromatic N) is 1. The standard InChI is InChI=1S/C16H14FNO2/c1-11(13-4-6-14(19-2)7-5-13)20-16-8-3-12(10-18)9-15(16)17/h3-9,11H,1-2H3. The first-order valence-electron chi connectivity index (χ1n) is 6.14. The van der Waals surface area contributed by atoms with Gasteiger partial charge in [0.1, 0.15) is 11.9 Å². The molecule has 0 saturated carbocycles. The van der Waals surface area contributed by atoms with Crippen molar-refractivity contribution in [1.29, 1.82) is 5.26 Å². The molecule has 3 nitrogen and oxygen atoms in total. The molecular formula is C16H14FNO2. The number of rotatable bonds is 4. The first kappa shape index (κ1) is 13.9. The number of methoxy groups -OCH3 is 1. The lowest BCUT2D eigenvalue weighted by atomic mass is 10.1. The maximum atomic E-state index is 13.7. The summed E-state index contributed by atoms with van der Waals surface area (Å²) in [6.45, 7) is 1.83. The molecule has 2 aromatic carbocycles. The summed E-state index contributed by atoms with van der Waals surface area (Å²) >= 11 is 0. The van der Waals surface area contributed by atoms with Gasteiger partial charge in [-0.2, -0.15) is 5.26 Å². The molecule has 0 aliphatic carbocycles. The van der Waals surface area contributed by atoms with Crippen LogP contribution in [0.3, 0.4) is 0 Å². The molecule has 0 radical (unpaired) electrons. The molecule has 0 aliphatic heterocycles. The molecule has 0 N–H and O–H groups in total. The third-order valence-electron chi connectivity index (χ3n) is 2.95. The van der Waals surface area contributed by atoms with E-state index in [-0.39, 0.29) is 17.4 Å². The van der Waals surface area contributed by atoms with E-state index in [9.17, 15) is 4.39 Å². The highest BCUT2D eigenvalue weighted by molar-refractivity contribution is 5.36. The Morgan fingerprint density at radius 2 is 1.85 bits per heavy atom. The average molecular weight is 271 g/mol. The normalized spacial score (nSPS) is 11.5. The molecule has 102 valence electrons. The lowest BCUT2D eigenvalue weighted by molar-refractivity contribution is 0.216. The minimum absolute atomic E-state index is 0.132. The number of hydrogen-bond acceptors (Lipinski definition) is 3. The molecule has 1 atom stereocenters. The van der Waals surface area contributed by atoms with Crippen molar-refractivity contribution in [3.63, 3.8) is 0 Å². The van der Waals surface area contributed by atoms with Crippen LogP contribution in [0.15, 0.2) is 42.5 Å². The second-order valence-corrected chi connectivity index (χ2v) is 4.29. The van der Waals surface area contributed by atoms with Gasteiger partial charge >= 0.3 is 0 Å². The Morgan fingerprint density at radius 1 is 1.15 bits per heavy atom. The highest BCUT2D eigenvalue weighted by atomic mass is 19.1. The Hall–Kier alpha value is -2.54. The second kappa shape index (κ2) is 6.07. The maximum Gasteiger partial charge on any atom is 0.166 e. The zero-order chi connectivity index (χ0) is 14.5. The Morgan fingerprint density at radius 3 is 2.40 bits per heavy atom. The van der Waals surface area contributed by atoms with Gasteiger partial charge in [0.25, 0.3) is 0 Å². The van der Waals surface area contributed by atoms with Crippen molar-refractivity contribution >= 4 is 0 Å². The smallest absolute Gasteiger partial charge is 0.166 e. The van der Waals surface area contributed by atoms with Crippen molar-refractivity contribution in [2.24, 2.45) is 0 Å². The molecule has 1 unspecified atom stereocenters. The summed E-state index contributed by atoms with van der Waals surface area (Å²) < 4.78 is 24.4. The summed E-state index contributed by atoms with van der Waals surface area (Å²) in [5, 5.41) is 8.69. The van der Waals surface area contributed by atoms with E-state index in [2.05, 4.69) is 0 Å². The molecule has 0 aromatic heterocycles. The molecule has 0 heterocycles. The zero-order valence-electron chi connectivity index (χ0n) is 11.3. The van der Waals surface area contributed by atoms with E-state index in [1.54, 1.807) is 7.11 Å². The summed E-state index contributed by atoms with van der Waals surface area (Å²) in [7, 11) is 1.60. The van der Waals surface area contributed by atoms with Crippen LogP contribution in [-0.2, 0) is 0 Å². The molecule has 20 heavy (non-hydrogen) atoms. The predicted octanol–water partition coefficient (Wildman–Crippen LogP) is 3.85. The van der Waals surface area contributed by atoms with Gasteiger partial charge in [0.05, 0.1) is 18.7 Å². The number of hydrogen-bond donors (Lipinski definition) is 0. The molecular weight excluding hydrogens is 257 g/mol. The first-order chi connectivity index (χ1) is 9.63. The summed E-state index contributed by atoms with van der Waals surface area (Å²) in [6.07, 6.45) is -0.302. The van der Waals surface area contributed by atoms with Crippen molar-refractivity contribution in [1.82, 2.24) is 0 Å². The molecule has 0 amide bonds. The minimum atomic E-state index is -0.538. The van der Waals surface area contributed by atoms with Gasteiger partial charge in [-0.1, -0.05) is 12.1 Å². The largest absolute Gasteiger partial charge is 0.497 e. The summed E-state index contributed by atoms with van der Waals surface area (Å²) in [4.78, 5) is 0. The van der Waals surface area contributed by atoms with Crippen LogP contribution < -0.4 is 9.47 Å². The molecule has 0 aliphatic rings. The second-order valence-electron chi connectivity index (χ2n) is 4.29. The Bertz CT molecular complexity index is 632. The fraction of sp³-hybridized carbons (Fsp3) is 0.188. The van der Waals surface area contributed by atoms with E-state index < -0.39 is 5.82 Å². The Balaban J connectivity index is 2.14.